The fraction of sp³-hybridized carbons (Fsp3) is 0.133. The smallest absolute Gasteiger partial charge is 0.129 e. The highest BCUT2D eigenvalue weighted by molar-refractivity contribution is 5.81. The van der Waals surface area contributed by atoms with Crippen LogP contribution >= 0.6 is 0 Å². The average molecular weight is 489 g/mol. The zero-order valence-corrected chi connectivity index (χ0v) is 20.9. The minimum atomic E-state index is 0.746. The van der Waals surface area contributed by atoms with E-state index in [1.54, 1.807) is 0 Å². The van der Waals surface area contributed by atoms with Crippen LogP contribution in [0.3, 0.4) is 0 Å². The Kier molecular flexibility index (Phi) is 5.94. The van der Waals surface area contributed by atoms with Crippen molar-refractivity contribution in [1.29, 1.82) is 0 Å². The summed E-state index contributed by atoms with van der Waals surface area (Å²) < 4.78 is 6.36. The predicted molar refractivity (Wildman–Crippen MR) is 148 cm³/mol. The summed E-state index contributed by atoms with van der Waals surface area (Å²) in [6.07, 6.45) is 7.90. The molecule has 2 aromatic heterocycles. The topological polar surface area (TPSA) is 48.0 Å². The molecule has 184 valence electrons. The summed E-state index contributed by atoms with van der Waals surface area (Å²) >= 11 is 0. The standard InChI is InChI=1S/C30H28N6O/c1-33-19-29(27-13-3-5-15-31-27)35(21-33)23-9-7-11-25(17-23)37-26-12-8-10-24(18-26)36-22-34(2)20-30(36)28-14-4-6-16-32-28/h3-20H,21-22H2,1-2H3. The van der Waals surface area contributed by atoms with Crippen LogP contribution in [-0.2, 0) is 0 Å². The van der Waals surface area contributed by atoms with Gasteiger partial charge >= 0.3 is 0 Å². The van der Waals surface area contributed by atoms with E-state index in [0.29, 0.717) is 0 Å². The minimum absolute atomic E-state index is 0.746. The number of nitrogens with zero attached hydrogens (tertiary/aromatic N) is 6. The summed E-state index contributed by atoms with van der Waals surface area (Å²) in [6, 6.07) is 28.4. The Morgan fingerprint density at radius 1 is 0.595 bits per heavy atom. The molecular weight excluding hydrogens is 460 g/mol. The van der Waals surface area contributed by atoms with Crippen molar-refractivity contribution in [2.45, 2.75) is 0 Å². The minimum Gasteiger partial charge on any atom is -0.457 e. The molecular formula is C30H28N6O. The van der Waals surface area contributed by atoms with Gasteiger partial charge in [-0.15, -0.1) is 0 Å². The zero-order chi connectivity index (χ0) is 25.2. The molecule has 6 rings (SSSR count). The predicted octanol–water partition coefficient (Wildman–Crippen LogP) is 5.68. The Hall–Kier alpha value is -4.78. The van der Waals surface area contributed by atoms with E-state index in [0.717, 1.165) is 59.0 Å². The summed E-state index contributed by atoms with van der Waals surface area (Å²) in [5.74, 6) is 1.56. The molecule has 0 bridgehead atoms. The van der Waals surface area contributed by atoms with Crippen LogP contribution in [0.1, 0.15) is 11.4 Å². The van der Waals surface area contributed by atoms with Crippen LogP contribution in [0.2, 0.25) is 0 Å². The van der Waals surface area contributed by atoms with E-state index in [1.165, 1.54) is 0 Å². The van der Waals surface area contributed by atoms with Crippen LogP contribution in [0.5, 0.6) is 11.5 Å². The van der Waals surface area contributed by atoms with E-state index in [2.05, 4.69) is 80.3 Å². The molecule has 2 aliphatic heterocycles. The van der Waals surface area contributed by atoms with E-state index < -0.39 is 0 Å². The maximum absolute atomic E-state index is 6.36. The lowest BCUT2D eigenvalue weighted by molar-refractivity contribution is 0.479. The molecule has 0 atom stereocenters. The second-order valence-corrected chi connectivity index (χ2v) is 9.21. The monoisotopic (exact) mass is 488 g/mol. The molecule has 37 heavy (non-hydrogen) atoms. The third-order valence-corrected chi connectivity index (χ3v) is 6.34. The van der Waals surface area contributed by atoms with Gasteiger partial charge in [0.05, 0.1) is 36.1 Å². The van der Waals surface area contributed by atoms with Crippen molar-refractivity contribution in [3.05, 3.63) is 121 Å². The molecule has 0 amide bonds. The van der Waals surface area contributed by atoms with E-state index in [4.69, 9.17) is 4.74 Å². The first kappa shape index (κ1) is 22.7. The molecule has 7 nitrogen and oxygen atoms in total. The van der Waals surface area contributed by atoms with Gasteiger partial charge in [0.15, 0.2) is 0 Å². The van der Waals surface area contributed by atoms with Gasteiger partial charge in [0.2, 0.25) is 0 Å². The van der Waals surface area contributed by atoms with E-state index in [1.807, 2.05) is 73.1 Å². The number of anilines is 2. The second kappa shape index (κ2) is 9.70. The molecule has 4 aromatic rings. The quantitative estimate of drug-likeness (QED) is 0.346. The van der Waals surface area contributed by atoms with Crippen molar-refractivity contribution in [3.63, 3.8) is 0 Å². The molecule has 7 heteroatoms. The normalized spacial score (nSPS) is 15.2. The summed E-state index contributed by atoms with van der Waals surface area (Å²) in [5.41, 5.74) is 6.12. The Labute approximate surface area is 217 Å². The lowest BCUT2D eigenvalue weighted by Gasteiger charge is -2.24. The molecule has 0 aliphatic carbocycles. The van der Waals surface area contributed by atoms with Crippen molar-refractivity contribution in [3.8, 4) is 11.5 Å². The first-order chi connectivity index (χ1) is 18.1. The largest absolute Gasteiger partial charge is 0.457 e. The molecule has 2 aliphatic rings. The third-order valence-electron chi connectivity index (χ3n) is 6.34. The Morgan fingerprint density at radius 2 is 1.08 bits per heavy atom. The Morgan fingerprint density at radius 3 is 1.51 bits per heavy atom. The lowest BCUT2D eigenvalue weighted by atomic mass is 10.2. The number of rotatable bonds is 6. The first-order valence-corrected chi connectivity index (χ1v) is 12.2. The second-order valence-electron chi connectivity index (χ2n) is 9.21. The summed E-state index contributed by atoms with van der Waals surface area (Å²) in [5, 5.41) is 0. The Bertz CT molecular complexity index is 1340. The maximum atomic E-state index is 6.36. The van der Waals surface area contributed by atoms with Crippen LogP contribution in [0.15, 0.2) is 110 Å². The number of hydrogen-bond donors (Lipinski definition) is 0. The van der Waals surface area contributed by atoms with Gasteiger partial charge in [-0.3, -0.25) is 9.97 Å². The van der Waals surface area contributed by atoms with Gasteiger partial charge in [0, 0.05) is 62.4 Å². The summed E-state index contributed by atoms with van der Waals surface area (Å²) in [6.45, 7) is 1.49. The van der Waals surface area contributed by atoms with Crippen LogP contribution < -0.4 is 14.5 Å². The van der Waals surface area contributed by atoms with Crippen molar-refractivity contribution in [2.24, 2.45) is 0 Å². The molecule has 0 radical (unpaired) electrons. The van der Waals surface area contributed by atoms with Crippen LogP contribution in [0.4, 0.5) is 11.4 Å². The van der Waals surface area contributed by atoms with Gasteiger partial charge in [0.1, 0.15) is 11.5 Å². The fourth-order valence-electron chi connectivity index (χ4n) is 4.68. The Balaban J connectivity index is 1.24. The van der Waals surface area contributed by atoms with E-state index in [-0.39, 0.29) is 0 Å². The van der Waals surface area contributed by atoms with Gasteiger partial charge in [-0.25, -0.2) is 0 Å². The maximum Gasteiger partial charge on any atom is 0.129 e. The fourth-order valence-corrected chi connectivity index (χ4v) is 4.68. The van der Waals surface area contributed by atoms with Crippen LogP contribution in [0.25, 0.3) is 11.4 Å². The van der Waals surface area contributed by atoms with E-state index >= 15 is 0 Å². The zero-order valence-electron chi connectivity index (χ0n) is 20.9. The van der Waals surface area contributed by atoms with E-state index in [9.17, 15) is 0 Å². The number of benzene rings is 2. The highest BCUT2D eigenvalue weighted by Gasteiger charge is 2.24. The lowest BCUT2D eigenvalue weighted by Crippen LogP contribution is -2.24. The van der Waals surface area contributed by atoms with Gasteiger partial charge in [0.25, 0.3) is 0 Å². The van der Waals surface area contributed by atoms with Gasteiger partial charge in [-0.05, 0) is 48.5 Å². The van der Waals surface area contributed by atoms with Crippen molar-refractivity contribution < 1.29 is 4.74 Å². The molecule has 0 unspecified atom stereocenters. The van der Waals surface area contributed by atoms with Crippen molar-refractivity contribution in [2.75, 3.05) is 37.2 Å². The number of hydrogen-bond acceptors (Lipinski definition) is 7. The summed E-state index contributed by atoms with van der Waals surface area (Å²) in [7, 11) is 4.14. The van der Waals surface area contributed by atoms with Crippen LogP contribution in [0, 0.1) is 0 Å². The molecule has 0 saturated carbocycles. The molecule has 4 heterocycles. The third kappa shape index (κ3) is 4.71. The molecule has 0 spiro atoms. The SMILES string of the molecule is CN1C=C(c2ccccn2)N(c2cccc(Oc3cccc(N4CN(C)C=C4c4ccccn4)c3)c2)C1. The van der Waals surface area contributed by atoms with Crippen LogP contribution in [-0.4, -0.2) is 47.2 Å². The number of ether oxygens (including phenoxy) is 1. The highest BCUT2D eigenvalue weighted by Crippen LogP contribution is 2.35. The molecule has 0 saturated heterocycles. The van der Waals surface area contributed by atoms with Crippen molar-refractivity contribution >= 4 is 22.8 Å². The highest BCUT2D eigenvalue weighted by atomic mass is 16.5. The van der Waals surface area contributed by atoms with Gasteiger partial charge < -0.3 is 24.3 Å². The number of pyridine rings is 2. The van der Waals surface area contributed by atoms with Crippen molar-refractivity contribution in [1.82, 2.24) is 19.8 Å². The molecule has 0 N–H and O–H groups in total. The first-order valence-electron chi connectivity index (χ1n) is 12.2. The van der Waals surface area contributed by atoms with Gasteiger partial charge in [-0.1, -0.05) is 24.3 Å². The van der Waals surface area contributed by atoms with Gasteiger partial charge in [-0.2, -0.15) is 0 Å². The molecule has 0 fully saturated rings. The number of aromatic nitrogens is 2. The average Bonchev–Trinajstić information content (AvgIpc) is 3.53. The molecule has 2 aromatic carbocycles. The summed E-state index contributed by atoms with van der Waals surface area (Å²) in [4.78, 5) is 17.9.